The van der Waals surface area contributed by atoms with Crippen LogP contribution in [-0.4, -0.2) is 34.7 Å². The Labute approximate surface area is 155 Å². The Morgan fingerprint density at radius 1 is 1.16 bits per heavy atom. The van der Waals surface area contributed by atoms with Gasteiger partial charge in [0, 0.05) is 35.9 Å². The second kappa shape index (κ2) is 8.76. The minimum absolute atomic E-state index is 0.379. The summed E-state index contributed by atoms with van der Waals surface area (Å²) in [5.74, 6) is -0.774. The van der Waals surface area contributed by atoms with E-state index in [-0.39, 0.29) is 11.5 Å². The maximum absolute atomic E-state index is 13.0. The van der Waals surface area contributed by atoms with Crippen molar-refractivity contribution >= 4 is 27.6 Å². The van der Waals surface area contributed by atoms with Crippen LogP contribution in [0.2, 0.25) is 0 Å². The first-order chi connectivity index (χ1) is 12.0. The van der Waals surface area contributed by atoms with Crippen molar-refractivity contribution in [3.05, 3.63) is 69.1 Å². The van der Waals surface area contributed by atoms with E-state index in [1.54, 1.807) is 43.4 Å². The van der Waals surface area contributed by atoms with Crippen LogP contribution < -0.4 is 5.56 Å². The number of hydrogen-bond donors (Lipinski definition) is 0. The third-order valence-electron chi connectivity index (χ3n) is 3.96. The van der Waals surface area contributed by atoms with E-state index >= 15 is 0 Å². The van der Waals surface area contributed by atoms with Gasteiger partial charge in [-0.15, -0.1) is 0 Å². The molecule has 132 valence electrons. The standard InChI is InChI=1S/C19H21BrN2O3/c1-3-4-12-21(2)19(25)17(22-13-6-5-7-16(22)23)18(24)14-8-10-15(20)11-9-14/h5-11,13,17H,3-4,12H2,1-2H3/t17-/m1/s1. The summed E-state index contributed by atoms with van der Waals surface area (Å²) in [5, 5.41) is 0. The van der Waals surface area contributed by atoms with Gasteiger partial charge in [0.25, 0.3) is 11.5 Å². The Bertz CT molecular complexity index is 799. The molecule has 0 bridgehead atoms. The normalized spacial score (nSPS) is 11.8. The molecule has 0 unspecified atom stereocenters. The molecule has 1 aromatic carbocycles. The van der Waals surface area contributed by atoms with Crippen LogP contribution in [0.4, 0.5) is 0 Å². The number of benzene rings is 1. The first-order valence-corrected chi connectivity index (χ1v) is 8.97. The molecule has 1 atom stereocenters. The van der Waals surface area contributed by atoms with Crippen LogP contribution in [0.3, 0.4) is 0 Å². The lowest BCUT2D eigenvalue weighted by Crippen LogP contribution is -2.42. The van der Waals surface area contributed by atoms with E-state index < -0.39 is 11.8 Å². The van der Waals surface area contributed by atoms with Crippen molar-refractivity contribution < 1.29 is 9.59 Å². The van der Waals surface area contributed by atoms with Gasteiger partial charge >= 0.3 is 0 Å². The number of rotatable bonds is 7. The molecule has 5 nitrogen and oxygen atoms in total. The minimum Gasteiger partial charge on any atom is -0.344 e. The van der Waals surface area contributed by atoms with Crippen molar-refractivity contribution in [1.82, 2.24) is 9.47 Å². The first kappa shape index (κ1) is 19.1. The number of nitrogens with zero attached hydrogens (tertiary/aromatic N) is 2. The summed E-state index contributed by atoms with van der Waals surface area (Å²) in [6.45, 7) is 2.57. The zero-order valence-corrected chi connectivity index (χ0v) is 15.9. The number of amides is 1. The number of pyridine rings is 1. The average molecular weight is 405 g/mol. The van der Waals surface area contributed by atoms with Gasteiger partial charge in [-0.25, -0.2) is 0 Å². The van der Waals surface area contributed by atoms with Crippen LogP contribution in [0.15, 0.2) is 57.9 Å². The van der Waals surface area contributed by atoms with Gasteiger partial charge in [-0.1, -0.05) is 47.5 Å². The minimum atomic E-state index is -1.20. The van der Waals surface area contributed by atoms with Crippen LogP contribution >= 0.6 is 15.9 Å². The number of halogens is 1. The Hall–Kier alpha value is -2.21. The summed E-state index contributed by atoms with van der Waals surface area (Å²) >= 11 is 3.33. The molecular formula is C19H21BrN2O3. The zero-order chi connectivity index (χ0) is 18.4. The van der Waals surface area contributed by atoms with E-state index in [9.17, 15) is 14.4 Å². The van der Waals surface area contributed by atoms with Gasteiger partial charge in [-0.2, -0.15) is 0 Å². The molecule has 0 radical (unpaired) electrons. The summed E-state index contributed by atoms with van der Waals surface area (Å²) in [6.07, 6.45) is 3.26. The van der Waals surface area contributed by atoms with Crippen molar-refractivity contribution in [2.24, 2.45) is 0 Å². The van der Waals surface area contributed by atoms with Gasteiger partial charge in [-0.3, -0.25) is 19.0 Å². The van der Waals surface area contributed by atoms with Crippen molar-refractivity contribution in [1.29, 1.82) is 0 Å². The van der Waals surface area contributed by atoms with Gasteiger partial charge in [0.1, 0.15) is 0 Å². The van der Waals surface area contributed by atoms with E-state index in [0.717, 1.165) is 17.3 Å². The monoisotopic (exact) mass is 404 g/mol. The molecule has 0 aliphatic carbocycles. The lowest BCUT2D eigenvalue weighted by molar-refractivity contribution is -0.132. The molecule has 1 amide bonds. The molecule has 2 aromatic rings. The van der Waals surface area contributed by atoms with Crippen LogP contribution in [-0.2, 0) is 4.79 Å². The first-order valence-electron chi connectivity index (χ1n) is 8.17. The topological polar surface area (TPSA) is 59.4 Å². The van der Waals surface area contributed by atoms with Gasteiger partial charge in [0.05, 0.1) is 0 Å². The molecule has 25 heavy (non-hydrogen) atoms. The molecule has 1 aromatic heterocycles. The fourth-order valence-electron chi connectivity index (χ4n) is 2.50. The highest BCUT2D eigenvalue weighted by Gasteiger charge is 2.32. The average Bonchev–Trinajstić information content (AvgIpc) is 2.61. The highest BCUT2D eigenvalue weighted by molar-refractivity contribution is 9.10. The number of hydrogen-bond acceptors (Lipinski definition) is 3. The van der Waals surface area contributed by atoms with Crippen LogP contribution in [0.1, 0.15) is 36.2 Å². The zero-order valence-electron chi connectivity index (χ0n) is 14.3. The lowest BCUT2D eigenvalue weighted by atomic mass is 10.0. The predicted molar refractivity (Wildman–Crippen MR) is 101 cm³/mol. The number of unbranched alkanes of at least 4 members (excludes halogenated alkanes) is 1. The summed E-state index contributed by atoms with van der Waals surface area (Å²) in [4.78, 5) is 39.7. The molecule has 0 spiro atoms. The van der Waals surface area contributed by atoms with E-state index in [1.165, 1.54) is 21.7 Å². The van der Waals surface area contributed by atoms with Gasteiger partial charge in [-0.05, 0) is 24.6 Å². The molecule has 0 aliphatic rings. The molecule has 0 N–H and O–H groups in total. The van der Waals surface area contributed by atoms with Crippen LogP contribution in [0.25, 0.3) is 0 Å². The summed E-state index contributed by atoms with van der Waals surface area (Å²) in [5.41, 5.74) is 0.0106. The fourth-order valence-corrected chi connectivity index (χ4v) is 2.76. The molecular weight excluding hydrogens is 384 g/mol. The van der Waals surface area contributed by atoms with E-state index in [1.807, 2.05) is 6.92 Å². The molecule has 6 heteroatoms. The number of Topliss-reactive ketones (excluding diaryl/α,β-unsaturated/α-hetero) is 1. The maximum Gasteiger partial charge on any atom is 0.253 e. The highest BCUT2D eigenvalue weighted by Crippen LogP contribution is 2.18. The fraction of sp³-hybridized carbons (Fsp3) is 0.316. The summed E-state index contributed by atoms with van der Waals surface area (Å²) in [7, 11) is 1.66. The number of ketones is 1. The van der Waals surface area contributed by atoms with Crippen LogP contribution in [0.5, 0.6) is 0 Å². The van der Waals surface area contributed by atoms with Gasteiger partial charge in [0.15, 0.2) is 11.8 Å². The van der Waals surface area contributed by atoms with Crippen molar-refractivity contribution in [3.8, 4) is 0 Å². The number of carbonyl (C=O) groups excluding carboxylic acids is 2. The maximum atomic E-state index is 13.0. The molecule has 0 fully saturated rings. The van der Waals surface area contributed by atoms with Gasteiger partial charge < -0.3 is 4.90 Å². The number of likely N-dealkylation sites (N-methyl/N-ethyl adjacent to an activating group) is 1. The highest BCUT2D eigenvalue weighted by atomic mass is 79.9. The lowest BCUT2D eigenvalue weighted by Gasteiger charge is -2.24. The molecule has 1 heterocycles. The largest absolute Gasteiger partial charge is 0.344 e. The van der Waals surface area contributed by atoms with Crippen molar-refractivity contribution in [3.63, 3.8) is 0 Å². The summed E-state index contributed by atoms with van der Waals surface area (Å²) < 4.78 is 2.04. The second-order valence-electron chi connectivity index (χ2n) is 5.83. The van der Waals surface area contributed by atoms with Gasteiger partial charge in [0.2, 0.25) is 0 Å². The number of carbonyl (C=O) groups is 2. The Morgan fingerprint density at radius 2 is 1.84 bits per heavy atom. The van der Waals surface area contributed by atoms with E-state index in [4.69, 9.17) is 0 Å². The summed E-state index contributed by atoms with van der Waals surface area (Å²) in [6, 6.07) is 10.2. The quantitative estimate of drug-likeness (QED) is 0.525. The third-order valence-corrected chi connectivity index (χ3v) is 4.49. The van der Waals surface area contributed by atoms with E-state index in [2.05, 4.69) is 15.9 Å². The smallest absolute Gasteiger partial charge is 0.253 e. The molecule has 0 saturated heterocycles. The molecule has 0 aliphatic heterocycles. The molecule has 0 saturated carbocycles. The van der Waals surface area contributed by atoms with Crippen molar-refractivity contribution in [2.75, 3.05) is 13.6 Å². The van der Waals surface area contributed by atoms with Crippen molar-refractivity contribution in [2.45, 2.75) is 25.8 Å². The Morgan fingerprint density at radius 3 is 2.44 bits per heavy atom. The predicted octanol–water partition coefficient (Wildman–Crippen LogP) is 3.29. The second-order valence-corrected chi connectivity index (χ2v) is 6.75. The Kier molecular flexibility index (Phi) is 6.70. The van der Waals surface area contributed by atoms with Crippen LogP contribution in [0, 0.1) is 0 Å². The molecule has 2 rings (SSSR count). The SMILES string of the molecule is CCCCN(C)C(=O)[C@@H](C(=O)c1ccc(Br)cc1)n1ccccc1=O. The Balaban J connectivity index is 2.43. The third kappa shape index (κ3) is 4.66. The number of aromatic nitrogens is 1. The van der Waals surface area contributed by atoms with E-state index in [0.29, 0.717) is 12.1 Å².